The summed E-state index contributed by atoms with van der Waals surface area (Å²) in [6.45, 7) is 4.32. The number of nitrogens with one attached hydrogen (secondary N) is 1. The standard InChI is InChI=1S/C12H20F3N3O/c1-4-10-9(8-16-3)11(5-2)18(17-10)6-7-19-12(13,14)15/h16H,4-8H2,1-3H3. The van der Waals surface area contributed by atoms with E-state index in [4.69, 9.17) is 0 Å². The molecule has 0 atom stereocenters. The molecule has 1 rings (SSSR count). The molecule has 1 aromatic heterocycles. The van der Waals surface area contributed by atoms with Crippen molar-refractivity contribution in [3.05, 3.63) is 17.0 Å². The lowest BCUT2D eigenvalue weighted by molar-refractivity contribution is -0.325. The van der Waals surface area contributed by atoms with Gasteiger partial charge in [0.1, 0.15) is 0 Å². The highest BCUT2D eigenvalue weighted by atomic mass is 19.4. The summed E-state index contributed by atoms with van der Waals surface area (Å²) in [6.07, 6.45) is -3.09. The Bertz CT molecular complexity index is 402. The highest BCUT2D eigenvalue weighted by Gasteiger charge is 2.29. The predicted octanol–water partition coefficient (Wildman–Crippen LogP) is 2.26. The van der Waals surface area contributed by atoms with E-state index >= 15 is 0 Å². The molecule has 1 heterocycles. The lowest BCUT2D eigenvalue weighted by Crippen LogP contribution is -2.19. The van der Waals surface area contributed by atoms with Crippen molar-refractivity contribution in [3.8, 4) is 0 Å². The van der Waals surface area contributed by atoms with Gasteiger partial charge in [0.15, 0.2) is 0 Å². The second-order valence-corrected chi connectivity index (χ2v) is 4.13. The van der Waals surface area contributed by atoms with Crippen molar-refractivity contribution in [3.63, 3.8) is 0 Å². The Hall–Kier alpha value is -1.08. The fourth-order valence-corrected chi connectivity index (χ4v) is 2.08. The number of alkyl halides is 3. The van der Waals surface area contributed by atoms with Crippen LogP contribution in [0.4, 0.5) is 13.2 Å². The zero-order valence-corrected chi connectivity index (χ0v) is 11.5. The molecular formula is C12H20F3N3O. The van der Waals surface area contributed by atoms with Gasteiger partial charge in [0.05, 0.1) is 18.8 Å². The maximum absolute atomic E-state index is 12.0. The van der Waals surface area contributed by atoms with Crippen LogP contribution in [0, 0.1) is 0 Å². The Balaban J connectivity index is 2.82. The monoisotopic (exact) mass is 279 g/mol. The van der Waals surface area contributed by atoms with Crippen molar-refractivity contribution in [2.75, 3.05) is 13.7 Å². The van der Waals surface area contributed by atoms with Crippen LogP contribution in [-0.4, -0.2) is 29.8 Å². The smallest absolute Gasteiger partial charge is 0.316 e. The first-order chi connectivity index (χ1) is 8.92. The molecule has 0 aliphatic carbocycles. The predicted molar refractivity (Wildman–Crippen MR) is 65.8 cm³/mol. The van der Waals surface area contributed by atoms with Gasteiger partial charge in [-0.1, -0.05) is 13.8 Å². The van der Waals surface area contributed by atoms with Crippen LogP contribution in [0.2, 0.25) is 0 Å². The van der Waals surface area contributed by atoms with Gasteiger partial charge in [-0.05, 0) is 19.9 Å². The van der Waals surface area contributed by atoms with Crippen molar-refractivity contribution in [1.29, 1.82) is 0 Å². The third kappa shape index (κ3) is 4.50. The SMILES string of the molecule is CCc1nn(CCOC(F)(F)F)c(CC)c1CNC. The molecular weight excluding hydrogens is 259 g/mol. The summed E-state index contributed by atoms with van der Waals surface area (Å²) in [6, 6.07) is 0. The number of hydrogen-bond acceptors (Lipinski definition) is 3. The third-order valence-electron chi connectivity index (χ3n) is 2.84. The number of hydrogen-bond donors (Lipinski definition) is 1. The van der Waals surface area contributed by atoms with E-state index in [-0.39, 0.29) is 6.54 Å². The van der Waals surface area contributed by atoms with Crippen molar-refractivity contribution < 1.29 is 17.9 Å². The lowest BCUT2D eigenvalue weighted by Gasteiger charge is -2.10. The van der Waals surface area contributed by atoms with Crippen molar-refractivity contribution >= 4 is 0 Å². The molecule has 4 nitrogen and oxygen atoms in total. The fraction of sp³-hybridized carbons (Fsp3) is 0.750. The first-order valence-corrected chi connectivity index (χ1v) is 6.35. The Morgan fingerprint density at radius 2 is 1.95 bits per heavy atom. The second-order valence-electron chi connectivity index (χ2n) is 4.13. The number of aromatic nitrogens is 2. The van der Waals surface area contributed by atoms with Gasteiger partial charge in [0, 0.05) is 17.8 Å². The van der Waals surface area contributed by atoms with E-state index in [1.54, 1.807) is 4.68 Å². The van der Waals surface area contributed by atoms with Crippen LogP contribution in [0.1, 0.15) is 30.8 Å². The summed E-state index contributed by atoms with van der Waals surface area (Å²) in [7, 11) is 1.84. The summed E-state index contributed by atoms with van der Waals surface area (Å²) in [5.41, 5.74) is 2.98. The molecule has 0 aliphatic heterocycles. The molecule has 0 aromatic carbocycles. The van der Waals surface area contributed by atoms with Crippen molar-refractivity contribution in [2.24, 2.45) is 0 Å². The largest absolute Gasteiger partial charge is 0.522 e. The molecule has 110 valence electrons. The van der Waals surface area contributed by atoms with Crippen LogP contribution in [-0.2, 0) is 30.7 Å². The maximum atomic E-state index is 12.0. The molecule has 0 aliphatic rings. The summed E-state index contributed by atoms with van der Waals surface area (Å²) in [4.78, 5) is 0. The number of aryl methyl sites for hydroxylation is 1. The molecule has 1 aromatic rings. The molecule has 0 fully saturated rings. The summed E-state index contributed by atoms with van der Waals surface area (Å²) in [5.74, 6) is 0. The minimum absolute atomic E-state index is 0.111. The Morgan fingerprint density at radius 1 is 1.26 bits per heavy atom. The number of nitrogens with zero attached hydrogens (tertiary/aromatic N) is 2. The summed E-state index contributed by atoms with van der Waals surface area (Å²) < 4.78 is 41.3. The summed E-state index contributed by atoms with van der Waals surface area (Å²) >= 11 is 0. The molecule has 0 unspecified atom stereocenters. The van der Waals surface area contributed by atoms with Gasteiger partial charge in [0.2, 0.25) is 0 Å². The quantitative estimate of drug-likeness (QED) is 0.832. The van der Waals surface area contributed by atoms with E-state index in [1.165, 1.54) is 0 Å². The zero-order valence-electron chi connectivity index (χ0n) is 11.5. The maximum Gasteiger partial charge on any atom is 0.522 e. The van der Waals surface area contributed by atoms with Crippen LogP contribution in [0.3, 0.4) is 0 Å². The number of halogens is 3. The van der Waals surface area contributed by atoms with E-state index in [2.05, 4.69) is 15.2 Å². The molecule has 19 heavy (non-hydrogen) atoms. The van der Waals surface area contributed by atoms with Crippen LogP contribution >= 0.6 is 0 Å². The Morgan fingerprint density at radius 3 is 2.42 bits per heavy atom. The first kappa shape index (κ1) is 16.0. The summed E-state index contributed by atoms with van der Waals surface area (Å²) in [5, 5.41) is 7.43. The number of rotatable bonds is 7. The number of ether oxygens (including phenoxy) is 1. The molecule has 0 spiro atoms. The van der Waals surface area contributed by atoms with Crippen LogP contribution < -0.4 is 5.32 Å². The van der Waals surface area contributed by atoms with Gasteiger partial charge in [0.25, 0.3) is 0 Å². The topological polar surface area (TPSA) is 39.1 Å². The van der Waals surface area contributed by atoms with Gasteiger partial charge in [-0.2, -0.15) is 5.10 Å². The molecule has 0 saturated heterocycles. The van der Waals surface area contributed by atoms with E-state index in [1.807, 2.05) is 20.9 Å². The van der Waals surface area contributed by atoms with Crippen molar-refractivity contribution in [1.82, 2.24) is 15.1 Å². The van der Waals surface area contributed by atoms with E-state index in [0.29, 0.717) is 6.54 Å². The van der Waals surface area contributed by atoms with E-state index in [9.17, 15) is 13.2 Å². The second kappa shape index (κ2) is 6.91. The van der Waals surface area contributed by atoms with Gasteiger partial charge < -0.3 is 5.32 Å². The normalized spacial score (nSPS) is 12.1. The third-order valence-corrected chi connectivity index (χ3v) is 2.84. The van der Waals surface area contributed by atoms with Crippen molar-refractivity contribution in [2.45, 2.75) is 46.1 Å². The average Bonchev–Trinajstić information content (AvgIpc) is 2.65. The van der Waals surface area contributed by atoms with Gasteiger partial charge in [-0.25, -0.2) is 0 Å². The Labute approximate surface area is 110 Å². The molecule has 0 radical (unpaired) electrons. The van der Waals surface area contributed by atoms with Gasteiger partial charge >= 0.3 is 6.36 Å². The minimum atomic E-state index is -4.58. The minimum Gasteiger partial charge on any atom is -0.316 e. The molecule has 0 amide bonds. The van der Waals surface area contributed by atoms with Gasteiger partial charge in [-0.15, -0.1) is 13.2 Å². The van der Waals surface area contributed by atoms with E-state index in [0.717, 1.165) is 29.8 Å². The highest BCUT2D eigenvalue weighted by Crippen LogP contribution is 2.18. The lowest BCUT2D eigenvalue weighted by atomic mass is 10.1. The van der Waals surface area contributed by atoms with Crippen LogP contribution in [0.5, 0.6) is 0 Å². The van der Waals surface area contributed by atoms with E-state index < -0.39 is 13.0 Å². The Kier molecular flexibility index (Phi) is 5.81. The molecule has 0 bridgehead atoms. The average molecular weight is 279 g/mol. The first-order valence-electron chi connectivity index (χ1n) is 6.35. The molecule has 7 heteroatoms. The van der Waals surface area contributed by atoms with Crippen LogP contribution in [0.25, 0.3) is 0 Å². The van der Waals surface area contributed by atoms with Crippen LogP contribution in [0.15, 0.2) is 0 Å². The van der Waals surface area contributed by atoms with Gasteiger partial charge in [-0.3, -0.25) is 9.42 Å². The highest BCUT2D eigenvalue weighted by molar-refractivity contribution is 5.26. The fourth-order valence-electron chi connectivity index (χ4n) is 2.08. The molecule has 0 saturated carbocycles. The molecule has 1 N–H and O–H groups in total. The zero-order chi connectivity index (χ0) is 14.5.